The zero-order valence-electron chi connectivity index (χ0n) is 11.1. The molecule has 0 spiro atoms. The SMILES string of the molecule is C=C(Sc1ccccc1F)c1ccccc1N(C)C. The van der Waals surface area contributed by atoms with Crippen LogP contribution in [0, 0.1) is 5.82 Å². The summed E-state index contributed by atoms with van der Waals surface area (Å²) in [5, 5.41) is 0. The van der Waals surface area contributed by atoms with Crippen LogP contribution in [0.5, 0.6) is 0 Å². The molecule has 0 amide bonds. The first-order valence-corrected chi connectivity index (χ1v) is 6.79. The van der Waals surface area contributed by atoms with E-state index < -0.39 is 0 Å². The van der Waals surface area contributed by atoms with Crippen LogP contribution in [0.1, 0.15) is 5.56 Å². The molecule has 3 heteroatoms. The van der Waals surface area contributed by atoms with Crippen LogP contribution in [0.15, 0.2) is 60.0 Å². The van der Waals surface area contributed by atoms with Crippen molar-refractivity contribution in [3.8, 4) is 0 Å². The second kappa shape index (κ2) is 5.93. The standard InChI is InChI=1S/C16H16FNS/c1-12(19-16-11-7-5-9-14(16)17)13-8-4-6-10-15(13)18(2)3/h4-11H,1H2,2-3H3. The Hall–Kier alpha value is -1.74. The van der Waals surface area contributed by atoms with Crippen LogP contribution in [0.25, 0.3) is 4.91 Å². The molecule has 0 atom stereocenters. The van der Waals surface area contributed by atoms with Crippen LogP contribution < -0.4 is 4.90 Å². The summed E-state index contributed by atoms with van der Waals surface area (Å²) in [6.07, 6.45) is 0. The summed E-state index contributed by atoms with van der Waals surface area (Å²) in [7, 11) is 3.97. The third kappa shape index (κ3) is 3.18. The summed E-state index contributed by atoms with van der Waals surface area (Å²) in [5.74, 6) is -0.212. The number of hydrogen-bond acceptors (Lipinski definition) is 2. The lowest BCUT2D eigenvalue weighted by atomic mass is 10.1. The van der Waals surface area contributed by atoms with E-state index in [1.165, 1.54) is 17.8 Å². The molecule has 0 saturated carbocycles. The smallest absolute Gasteiger partial charge is 0.137 e. The maximum absolute atomic E-state index is 13.7. The Morgan fingerprint density at radius 3 is 2.37 bits per heavy atom. The molecule has 0 unspecified atom stereocenters. The van der Waals surface area contributed by atoms with Gasteiger partial charge in [-0.05, 0) is 18.2 Å². The molecule has 0 aromatic heterocycles. The highest BCUT2D eigenvalue weighted by Gasteiger charge is 2.10. The predicted octanol–water partition coefficient (Wildman–Crippen LogP) is 4.65. The van der Waals surface area contributed by atoms with Crippen LogP contribution >= 0.6 is 11.8 Å². The number of halogens is 1. The Bertz CT molecular complexity index is 593. The van der Waals surface area contributed by atoms with Crippen molar-refractivity contribution in [2.75, 3.05) is 19.0 Å². The van der Waals surface area contributed by atoms with E-state index in [4.69, 9.17) is 0 Å². The van der Waals surface area contributed by atoms with Gasteiger partial charge in [-0.1, -0.05) is 48.7 Å². The molecular formula is C16H16FNS. The van der Waals surface area contributed by atoms with E-state index in [2.05, 4.69) is 6.58 Å². The van der Waals surface area contributed by atoms with Gasteiger partial charge < -0.3 is 4.90 Å². The molecule has 0 aliphatic carbocycles. The number of thioether (sulfide) groups is 1. The van der Waals surface area contributed by atoms with Gasteiger partial charge in [-0.15, -0.1) is 0 Å². The van der Waals surface area contributed by atoms with Crippen molar-refractivity contribution in [1.82, 2.24) is 0 Å². The normalized spacial score (nSPS) is 10.3. The lowest BCUT2D eigenvalue weighted by molar-refractivity contribution is 0.602. The summed E-state index contributed by atoms with van der Waals surface area (Å²) in [5.41, 5.74) is 2.11. The Labute approximate surface area is 117 Å². The third-order valence-corrected chi connectivity index (χ3v) is 3.77. The van der Waals surface area contributed by atoms with E-state index in [-0.39, 0.29) is 5.82 Å². The molecule has 0 bridgehead atoms. The summed E-state index contributed by atoms with van der Waals surface area (Å²) in [4.78, 5) is 3.47. The zero-order valence-corrected chi connectivity index (χ0v) is 11.9. The second-order valence-electron chi connectivity index (χ2n) is 4.37. The maximum Gasteiger partial charge on any atom is 0.137 e. The molecular weight excluding hydrogens is 257 g/mol. The Morgan fingerprint density at radius 1 is 1.05 bits per heavy atom. The van der Waals surface area contributed by atoms with Crippen molar-refractivity contribution in [1.29, 1.82) is 0 Å². The third-order valence-electron chi connectivity index (χ3n) is 2.76. The second-order valence-corrected chi connectivity index (χ2v) is 5.50. The minimum atomic E-state index is -0.212. The molecule has 0 heterocycles. The molecule has 2 aromatic carbocycles. The first-order valence-electron chi connectivity index (χ1n) is 5.97. The summed E-state index contributed by atoms with van der Waals surface area (Å²) in [6, 6.07) is 14.7. The molecule has 0 aliphatic rings. The van der Waals surface area contributed by atoms with Gasteiger partial charge >= 0.3 is 0 Å². The summed E-state index contributed by atoms with van der Waals surface area (Å²) >= 11 is 1.36. The molecule has 2 aromatic rings. The molecule has 0 saturated heterocycles. The van der Waals surface area contributed by atoms with Crippen LogP contribution in [0.4, 0.5) is 10.1 Å². The van der Waals surface area contributed by atoms with Gasteiger partial charge in [0.25, 0.3) is 0 Å². The van der Waals surface area contributed by atoms with E-state index in [1.54, 1.807) is 12.1 Å². The molecule has 1 nitrogen and oxygen atoms in total. The van der Waals surface area contributed by atoms with Gasteiger partial charge in [0.15, 0.2) is 0 Å². The Balaban J connectivity index is 2.29. The average Bonchev–Trinajstić information content (AvgIpc) is 2.41. The summed E-state index contributed by atoms with van der Waals surface area (Å²) < 4.78 is 13.7. The van der Waals surface area contributed by atoms with Crippen molar-refractivity contribution < 1.29 is 4.39 Å². The van der Waals surface area contributed by atoms with Gasteiger partial charge in [0.2, 0.25) is 0 Å². The van der Waals surface area contributed by atoms with Crippen molar-refractivity contribution in [2.45, 2.75) is 4.90 Å². The fraction of sp³-hybridized carbons (Fsp3) is 0.125. The quantitative estimate of drug-likeness (QED) is 0.746. The highest BCUT2D eigenvalue weighted by Crippen LogP contribution is 2.37. The zero-order chi connectivity index (χ0) is 13.8. The maximum atomic E-state index is 13.7. The first kappa shape index (κ1) is 13.7. The number of rotatable bonds is 4. The van der Waals surface area contributed by atoms with Crippen LogP contribution in [0.3, 0.4) is 0 Å². The first-order chi connectivity index (χ1) is 9.09. The van der Waals surface area contributed by atoms with Crippen LogP contribution in [0.2, 0.25) is 0 Å². The molecule has 0 N–H and O–H groups in total. The van der Waals surface area contributed by atoms with Crippen molar-refractivity contribution in [3.63, 3.8) is 0 Å². The van der Waals surface area contributed by atoms with Gasteiger partial charge in [0, 0.05) is 35.1 Å². The summed E-state index contributed by atoms with van der Waals surface area (Å²) in [6.45, 7) is 4.07. The van der Waals surface area contributed by atoms with Crippen LogP contribution in [-0.4, -0.2) is 14.1 Å². The minimum absolute atomic E-state index is 0.212. The van der Waals surface area contributed by atoms with Crippen molar-refractivity contribution in [2.24, 2.45) is 0 Å². The van der Waals surface area contributed by atoms with E-state index in [0.29, 0.717) is 4.90 Å². The molecule has 0 fully saturated rings. The van der Waals surface area contributed by atoms with Crippen molar-refractivity contribution >= 4 is 22.4 Å². The number of benzene rings is 2. The fourth-order valence-corrected chi connectivity index (χ4v) is 2.67. The van der Waals surface area contributed by atoms with E-state index in [0.717, 1.165) is 16.2 Å². The van der Waals surface area contributed by atoms with E-state index >= 15 is 0 Å². The molecule has 0 radical (unpaired) electrons. The topological polar surface area (TPSA) is 3.24 Å². The molecule has 2 rings (SSSR count). The van der Waals surface area contributed by atoms with Gasteiger partial charge in [-0.2, -0.15) is 0 Å². The van der Waals surface area contributed by atoms with E-state index in [1.807, 2.05) is 49.3 Å². The van der Waals surface area contributed by atoms with Crippen molar-refractivity contribution in [3.05, 3.63) is 66.5 Å². The Kier molecular flexibility index (Phi) is 4.27. The van der Waals surface area contributed by atoms with Gasteiger partial charge in [0.05, 0.1) is 0 Å². The van der Waals surface area contributed by atoms with E-state index in [9.17, 15) is 4.39 Å². The van der Waals surface area contributed by atoms with Gasteiger partial charge in [-0.25, -0.2) is 4.39 Å². The Morgan fingerprint density at radius 2 is 1.68 bits per heavy atom. The molecule has 0 aliphatic heterocycles. The molecule has 98 valence electrons. The lowest BCUT2D eigenvalue weighted by Crippen LogP contribution is -2.10. The van der Waals surface area contributed by atoms with Gasteiger partial charge in [0.1, 0.15) is 5.82 Å². The largest absolute Gasteiger partial charge is 0.377 e. The predicted molar refractivity (Wildman–Crippen MR) is 82.1 cm³/mol. The lowest BCUT2D eigenvalue weighted by Gasteiger charge is -2.18. The number of para-hydroxylation sites is 1. The monoisotopic (exact) mass is 273 g/mol. The fourth-order valence-electron chi connectivity index (χ4n) is 1.81. The highest BCUT2D eigenvalue weighted by molar-refractivity contribution is 8.08. The number of nitrogens with zero attached hydrogens (tertiary/aromatic N) is 1. The number of hydrogen-bond donors (Lipinski definition) is 0. The molecule has 19 heavy (non-hydrogen) atoms. The average molecular weight is 273 g/mol. The highest BCUT2D eigenvalue weighted by atomic mass is 32.2. The van der Waals surface area contributed by atoms with Gasteiger partial charge in [-0.3, -0.25) is 0 Å². The number of anilines is 1. The van der Waals surface area contributed by atoms with Crippen LogP contribution in [-0.2, 0) is 0 Å². The minimum Gasteiger partial charge on any atom is -0.377 e.